The highest BCUT2D eigenvalue weighted by molar-refractivity contribution is 5.98. The van der Waals surface area contributed by atoms with Crippen molar-refractivity contribution in [2.24, 2.45) is 0 Å². The van der Waals surface area contributed by atoms with Crippen molar-refractivity contribution in [3.63, 3.8) is 0 Å². The molecule has 3 rings (SSSR count). The number of hydrogen-bond donors (Lipinski definition) is 1. The van der Waals surface area contributed by atoms with E-state index in [9.17, 15) is 9.59 Å². The van der Waals surface area contributed by atoms with Gasteiger partial charge in [0.15, 0.2) is 0 Å². The van der Waals surface area contributed by atoms with Crippen molar-refractivity contribution < 1.29 is 14.0 Å². The Kier molecular flexibility index (Phi) is 5.37. The lowest BCUT2D eigenvalue weighted by Crippen LogP contribution is -2.33. The molecule has 1 unspecified atom stereocenters. The van der Waals surface area contributed by atoms with Gasteiger partial charge in [-0.05, 0) is 42.0 Å². The fourth-order valence-corrected chi connectivity index (χ4v) is 2.83. The first-order chi connectivity index (χ1) is 12.6. The van der Waals surface area contributed by atoms with E-state index in [1.165, 1.54) is 0 Å². The second kappa shape index (κ2) is 7.87. The van der Waals surface area contributed by atoms with Crippen LogP contribution in [0.15, 0.2) is 65.3 Å². The molecule has 26 heavy (non-hydrogen) atoms. The summed E-state index contributed by atoms with van der Waals surface area (Å²) in [6.45, 7) is 2.20. The number of benzene rings is 2. The lowest BCUT2D eigenvalue weighted by Gasteiger charge is -2.23. The van der Waals surface area contributed by atoms with Gasteiger partial charge in [-0.1, -0.05) is 30.3 Å². The van der Waals surface area contributed by atoms with Crippen LogP contribution in [0.1, 0.15) is 35.5 Å². The molecule has 1 N–H and O–H groups in total. The van der Waals surface area contributed by atoms with Crippen molar-refractivity contribution in [1.82, 2.24) is 10.2 Å². The molecule has 2 aromatic carbocycles. The first-order valence-corrected chi connectivity index (χ1v) is 8.62. The fraction of sp³-hybridized carbons (Fsp3) is 0.238. The molecule has 0 aliphatic rings. The minimum Gasteiger partial charge on any atom is -0.467 e. The number of carbonyl (C=O) groups is 2. The summed E-state index contributed by atoms with van der Waals surface area (Å²) in [6, 6.07) is 17.0. The Morgan fingerprint density at radius 2 is 1.85 bits per heavy atom. The number of nitrogens with one attached hydrogen (secondary N) is 1. The van der Waals surface area contributed by atoms with E-state index in [2.05, 4.69) is 5.32 Å². The van der Waals surface area contributed by atoms with Crippen LogP contribution in [0.3, 0.4) is 0 Å². The summed E-state index contributed by atoms with van der Waals surface area (Å²) in [7, 11) is 1.74. The molecule has 0 fully saturated rings. The van der Waals surface area contributed by atoms with Gasteiger partial charge in [0, 0.05) is 25.6 Å². The van der Waals surface area contributed by atoms with Gasteiger partial charge in [-0.15, -0.1) is 0 Å². The monoisotopic (exact) mass is 350 g/mol. The molecule has 5 heteroatoms. The van der Waals surface area contributed by atoms with Gasteiger partial charge in [0.1, 0.15) is 5.76 Å². The molecule has 3 aromatic rings. The molecule has 0 aliphatic carbocycles. The van der Waals surface area contributed by atoms with Crippen molar-refractivity contribution in [1.29, 1.82) is 0 Å². The molecular formula is C21H22N2O3. The van der Waals surface area contributed by atoms with E-state index in [0.717, 1.165) is 16.5 Å². The standard InChI is InChI=1S/C21H22N2O3/c1-15(19-8-5-13-26-19)23(2)20(24)11-12-22-21(25)18-10-9-16-6-3-4-7-17(16)14-18/h3-10,13-15H,11-12H2,1-2H3,(H,22,25). The smallest absolute Gasteiger partial charge is 0.251 e. The van der Waals surface area contributed by atoms with Crippen LogP contribution in [0.2, 0.25) is 0 Å². The Hall–Kier alpha value is -3.08. The summed E-state index contributed by atoms with van der Waals surface area (Å²) in [5.41, 5.74) is 0.591. The maximum atomic E-state index is 12.3. The van der Waals surface area contributed by atoms with E-state index in [0.29, 0.717) is 12.1 Å². The van der Waals surface area contributed by atoms with E-state index in [4.69, 9.17) is 4.42 Å². The van der Waals surface area contributed by atoms with Crippen molar-refractivity contribution in [2.45, 2.75) is 19.4 Å². The summed E-state index contributed by atoms with van der Waals surface area (Å²) in [5.74, 6) is 0.513. The number of furan rings is 1. The molecule has 0 spiro atoms. The zero-order chi connectivity index (χ0) is 18.5. The minimum atomic E-state index is -0.176. The third-order valence-electron chi connectivity index (χ3n) is 4.57. The van der Waals surface area contributed by atoms with Gasteiger partial charge in [-0.25, -0.2) is 0 Å². The lowest BCUT2D eigenvalue weighted by atomic mass is 10.1. The Morgan fingerprint density at radius 1 is 1.08 bits per heavy atom. The van der Waals surface area contributed by atoms with E-state index >= 15 is 0 Å². The topological polar surface area (TPSA) is 62.6 Å². The van der Waals surface area contributed by atoms with E-state index in [1.54, 1.807) is 30.3 Å². The number of amides is 2. The van der Waals surface area contributed by atoms with Crippen LogP contribution in [0.4, 0.5) is 0 Å². The molecule has 0 bridgehead atoms. The SMILES string of the molecule is CC(c1ccco1)N(C)C(=O)CCNC(=O)c1ccc2ccccc2c1. The Bertz CT molecular complexity index is 903. The van der Waals surface area contributed by atoms with Gasteiger partial charge in [0.25, 0.3) is 5.91 Å². The second-order valence-electron chi connectivity index (χ2n) is 6.26. The van der Waals surface area contributed by atoms with Gasteiger partial charge < -0.3 is 14.6 Å². The number of carbonyl (C=O) groups excluding carboxylic acids is 2. The van der Waals surface area contributed by atoms with E-state index in [1.807, 2.05) is 49.4 Å². The average Bonchev–Trinajstić information content (AvgIpc) is 3.21. The highest BCUT2D eigenvalue weighted by Gasteiger charge is 2.19. The van der Waals surface area contributed by atoms with Crippen molar-refractivity contribution >= 4 is 22.6 Å². The van der Waals surface area contributed by atoms with Crippen molar-refractivity contribution in [3.8, 4) is 0 Å². The lowest BCUT2D eigenvalue weighted by molar-refractivity contribution is -0.131. The van der Waals surface area contributed by atoms with Crippen LogP contribution in [0.5, 0.6) is 0 Å². The van der Waals surface area contributed by atoms with Gasteiger partial charge >= 0.3 is 0 Å². The predicted octanol–water partition coefficient (Wildman–Crippen LogP) is 3.77. The molecule has 5 nitrogen and oxygen atoms in total. The molecule has 1 aromatic heterocycles. The minimum absolute atomic E-state index is 0.0484. The van der Waals surface area contributed by atoms with Crippen molar-refractivity contribution in [2.75, 3.05) is 13.6 Å². The highest BCUT2D eigenvalue weighted by atomic mass is 16.3. The molecule has 0 aliphatic heterocycles. The number of rotatable bonds is 6. The quantitative estimate of drug-likeness (QED) is 0.736. The molecular weight excluding hydrogens is 328 g/mol. The van der Waals surface area contributed by atoms with Gasteiger partial charge in [-0.2, -0.15) is 0 Å². The molecule has 134 valence electrons. The van der Waals surface area contributed by atoms with Gasteiger partial charge in [0.05, 0.1) is 12.3 Å². The summed E-state index contributed by atoms with van der Waals surface area (Å²) in [4.78, 5) is 26.2. The molecule has 1 heterocycles. The molecule has 0 saturated heterocycles. The first kappa shape index (κ1) is 17.7. The average molecular weight is 350 g/mol. The molecule has 0 radical (unpaired) electrons. The van der Waals surface area contributed by atoms with Crippen molar-refractivity contribution in [3.05, 3.63) is 72.2 Å². The number of nitrogens with zero attached hydrogens (tertiary/aromatic N) is 1. The maximum absolute atomic E-state index is 12.3. The second-order valence-corrected chi connectivity index (χ2v) is 6.26. The summed E-state index contributed by atoms with van der Waals surface area (Å²) < 4.78 is 5.34. The highest BCUT2D eigenvalue weighted by Crippen LogP contribution is 2.19. The Morgan fingerprint density at radius 3 is 2.58 bits per heavy atom. The van der Waals surface area contributed by atoms with Crippen LogP contribution in [-0.2, 0) is 4.79 Å². The van der Waals surface area contributed by atoms with Crippen LogP contribution < -0.4 is 5.32 Å². The summed E-state index contributed by atoms with van der Waals surface area (Å²) in [5, 5.41) is 4.92. The fourth-order valence-electron chi connectivity index (χ4n) is 2.83. The van der Waals surface area contributed by atoms with Gasteiger partial charge in [0.2, 0.25) is 5.91 Å². The van der Waals surface area contributed by atoms with Crippen LogP contribution in [-0.4, -0.2) is 30.3 Å². The number of fused-ring (bicyclic) bond motifs is 1. The Balaban J connectivity index is 1.53. The summed E-state index contributed by atoms with van der Waals surface area (Å²) >= 11 is 0. The Labute approximate surface area is 152 Å². The maximum Gasteiger partial charge on any atom is 0.251 e. The predicted molar refractivity (Wildman–Crippen MR) is 101 cm³/mol. The zero-order valence-electron chi connectivity index (χ0n) is 14.9. The third-order valence-corrected chi connectivity index (χ3v) is 4.57. The zero-order valence-corrected chi connectivity index (χ0v) is 14.9. The van der Waals surface area contributed by atoms with Crippen LogP contribution in [0.25, 0.3) is 10.8 Å². The molecule has 2 amide bonds. The summed E-state index contributed by atoms with van der Waals surface area (Å²) in [6.07, 6.45) is 1.83. The van der Waals surface area contributed by atoms with Gasteiger partial charge in [-0.3, -0.25) is 9.59 Å². The normalized spacial score (nSPS) is 11.9. The van der Waals surface area contributed by atoms with Crippen LogP contribution >= 0.6 is 0 Å². The number of hydrogen-bond acceptors (Lipinski definition) is 3. The largest absolute Gasteiger partial charge is 0.467 e. The van der Waals surface area contributed by atoms with Crippen LogP contribution in [0, 0.1) is 0 Å². The molecule has 1 atom stereocenters. The third kappa shape index (κ3) is 3.94. The van der Waals surface area contributed by atoms with E-state index < -0.39 is 0 Å². The van der Waals surface area contributed by atoms with E-state index in [-0.39, 0.29) is 24.3 Å². The first-order valence-electron chi connectivity index (χ1n) is 8.62. The molecule has 0 saturated carbocycles.